The lowest BCUT2D eigenvalue weighted by Gasteiger charge is -2.42. The first-order valence-corrected chi connectivity index (χ1v) is 12.3. The number of nitrogens with zero attached hydrogens (tertiary/aromatic N) is 5. The van der Waals surface area contributed by atoms with E-state index in [1.807, 2.05) is 29.8 Å². The topological polar surface area (TPSA) is 53.7 Å². The Kier molecular flexibility index (Phi) is 7.23. The molecule has 1 amide bonds. The molecule has 4 rings (SSSR count). The molecule has 1 saturated heterocycles. The van der Waals surface area contributed by atoms with Crippen LogP contribution in [0.3, 0.4) is 0 Å². The van der Waals surface area contributed by atoms with Gasteiger partial charge in [0.2, 0.25) is 5.91 Å². The van der Waals surface area contributed by atoms with Gasteiger partial charge in [0.1, 0.15) is 5.92 Å². The summed E-state index contributed by atoms with van der Waals surface area (Å²) in [6.07, 6.45) is 4.96. The van der Waals surface area contributed by atoms with Gasteiger partial charge in [-0.3, -0.25) is 4.79 Å². The van der Waals surface area contributed by atoms with Crippen LogP contribution in [0.5, 0.6) is 0 Å². The van der Waals surface area contributed by atoms with Crippen LogP contribution in [0.2, 0.25) is 10.0 Å². The molecule has 0 bridgehead atoms. The summed E-state index contributed by atoms with van der Waals surface area (Å²) in [5, 5.41) is 5.50. The number of carbonyl (C=O) groups is 1. The lowest BCUT2D eigenvalue weighted by Crippen LogP contribution is -2.53. The number of hydrogen-bond donors (Lipinski definition) is 0. The van der Waals surface area contributed by atoms with Gasteiger partial charge in [-0.05, 0) is 57.0 Å². The highest BCUT2D eigenvalue weighted by Crippen LogP contribution is 2.39. The summed E-state index contributed by atoms with van der Waals surface area (Å²) >= 11 is 12.6. The summed E-state index contributed by atoms with van der Waals surface area (Å²) in [6, 6.07) is 7.36. The van der Waals surface area contributed by atoms with E-state index in [0.717, 1.165) is 62.5 Å². The van der Waals surface area contributed by atoms with Crippen molar-refractivity contribution in [2.75, 3.05) is 26.2 Å². The second-order valence-corrected chi connectivity index (χ2v) is 9.46. The molecule has 0 radical (unpaired) electrons. The van der Waals surface area contributed by atoms with Crippen LogP contribution in [0.4, 0.5) is 5.82 Å². The average Bonchev–Trinajstić information content (AvgIpc) is 3.26. The molecule has 2 aliphatic heterocycles. The number of hydrogen-bond acceptors (Lipinski definition) is 4. The molecule has 2 aromatic rings. The third kappa shape index (κ3) is 4.45. The maximum atomic E-state index is 14.1. The van der Waals surface area contributed by atoms with Gasteiger partial charge in [-0.2, -0.15) is 5.10 Å². The molecule has 0 aliphatic carbocycles. The van der Waals surface area contributed by atoms with Gasteiger partial charge in [-0.25, -0.2) is 9.67 Å². The summed E-state index contributed by atoms with van der Waals surface area (Å²) in [4.78, 5) is 23.4. The number of benzene rings is 1. The molecule has 3 heterocycles. The van der Waals surface area contributed by atoms with E-state index in [1.165, 1.54) is 0 Å². The zero-order chi connectivity index (χ0) is 22.8. The first kappa shape index (κ1) is 23.3. The normalized spacial score (nSPS) is 23.2. The van der Waals surface area contributed by atoms with Crippen molar-refractivity contribution in [2.24, 2.45) is 10.9 Å². The van der Waals surface area contributed by atoms with E-state index in [4.69, 9.17) is 28.2 Å². The molecule has 8 heteroatoms. The molecule has 3 unspecified atom stereocenters. The zero-order valence-corrected chi connectivity index (χ0v) is 20.5. The Morgan fingerprint density at radius 2 is 1.94 bits per heavy atom. The van der Waals surface area contributed by atoms with Crippen LogP contribution in [0, 0.1) is 5.92 Å². The number of fused-ring (bicyclic) bond motifs is 1. The Morgan fingerprint density at radius 3 is 2.66 bits per heavy atom. The van der Waals surface area contributed by atoms with E-state index >= 15 is 0 Å². The van der Waals surface area contributed by atoms with E-state index < -0.39 is 5.92 Å². The molecule has 0 saturated carbocycles. The predicted octanol–water partition coefficient (Wildman–Crippen LogP) is 5.22. The van der Waals surface area contributed by atoms with Crippen LogP contribution >= 0.6 is 23.2 Å². The summed E-state index contributed by atoms with van der Waals surface area (Å²) < 4.78 is 1.85. The summed E-state index contributed by atoms with van der Waals surface area (Å²) in [6.45, 7) is 9.97. The fourth-order valence-corrected chi connectivity index (χ4v) is 5.32. The van der Waals surface area contributed by atoms with Gasteiger partial charge >= 0.3 is 0 Å². The number of aromatic nitrogens is 2. The SMILES string of the molecule is CCN(CC)CC1CCCCN1C(=O)C1C(C)=Nc2ccnn2C1c1ccc(Cl)c(Cl)c1. The minimum atomic E-state index is -0.433. The summed E-state index contributed by atoms with van der Waals surface area (Å²) in [5.41, 5.74) is 1.72. The molecule has 172 valence electrons. The van der Waals surface area contributed by atoms with Crippen molar-refractivity contribution in [3.63, 3.8) is 0 Å². The highest BCUT2D eigenvalue weighted by Gasteiger charge is 2.42. The van der Waals surface area contributed by atoms with Gasteiger partial charge in [0.25, 0.3) is 0 Å². The number of rotatable bonds is 6. The standard InChI is InChI=1S/C24H31Cl2N5O/c1-4-29(5-2)15-18-8-6-7-13-30(18)24(32)22-16(3)28-21-11-12-27-31(21)23(22)17-9-10-19(25)20(26)14-17/h9-12,14,18,22-23H,4-8,13,15H2,1-3H3. The number of likely N-dealkylation sites (N-methyl/N-ethyl adjacent to an activating group) is 1. The molecular weight excluding hydrogens is 445 g/mol. The Morgan fingerprint density at radius 1 is 1.16 bits per heavy atom. The van der Waals surface area contributed by atoms with Crippen LogP contribution in [-0.4, -0.2) is 63.4 Å². The maximum absolute atomic E-state index is 14.1. The third-order valence-electron chi connectivity index (χ3n) is 6.79. The van der Waals surface area contributed by atoms with E-state index in [0.29, 0.717) is 10.0 Å². The van der Waals surface area contributed by atoms with Gasteiger partial charge in [0, 0.05) is 30.9 Å². The quantitative estimate of drug-likeness (QED) is 0.574. The van der Waals surface area contributed by atoms with Crippen LogP contribution < -0.4 is 0 Å². The number of amides is 1. The predicted molar refractivity (Wildman–Crippen MR) is 130 cm³/mol. The van der Waals surface area contributed by atoms with E-state index in [2.05, 4.69) is 28.7 Å². The fraction of sp³-hybridized carbons (Fsp3) is 0.542. The summed E-state index contributed by atoms with van der Waals surface area (Å²) in [5.74, 6) is 0.443. The van der Waals surface area contributed by atoms with Crippen LogP contribution in [0.25, 0.3) is 0 Å². The van der Waals surface area contributed by atoms with Crippen molar-refractivity contribution < 1.29 is 4.79 Å². The monoisotopic (exact) mass is 475 g/mol. The molecular formula is C24H31Cl2N5O. The Labute approximate surface area is 200 Å². The average molecular weight is 476 g/mol. The van der Waals surface area contributed by atoms with Crippen molar-refractivity contribution in [3.05, 3.63) is 46.1 Å². The third-order valence-corrected chi connectivity index (χ3v) is 7.53. The van der Waals surface area contributed by atoms with Crippen molar-refractivity contribution in [2.45, 2.75) is 52.1 Å². The maximum Gasteiger partial charge on any atom is 0.234 e. The first-order chi connectivity index (χ1) is 15.4. The number of aliphatic imine (C=N–C) groups is 1. The highest BCUT2D eigenvalue weighted by atomic mass is 35.5. The first-order valence-electron chi connectivity index (χ1n) is 11.5. The van der Waals surface area contributed by atoms with Crippen molar-refractivity contribution in [3.8, 4) is 0 Å². The Hall–Kier alpha value is -1.89. The fourth-order valence-electron chi connectivity index (χ4n) is 5.01. The van der Waals surface area contributed by atoms with E-state index in [-0.39, 0.29) is 18.0 Å². The lowest BCUT2D eigenvalue weighted by molar-refractivity contribution is -0.138. The zero-order valence-electron chi connectivity index (χ0n) is 19.0. The molecule has 0 spiro atoms. The molecule has 0 N–H and O–H groups in total. The van der Waals surface area contributed by atoms with Gasteiger partial charge in [-0.1, -0.05) is 43.1 Å². The highest BCUT2D eigenvalue weighted by molar-refractivity contribution is 6.42. The number of piperidine rings is 1. The van der Waals surface area contributed by atoms with Gasteiger partial charge in [0.05, 0.1) is 22.3 Å². The Balaban J connectivity index is 1.71. The van der Waals surface area contributed by atoms with Crippen LogP contribution in [-0.2, 0) is 4.79 Å². The minimum absolute atomic E-state index is 0.125. The second-order valence-electron chi connectivity index (χ2n) is 8.65. The van der Waals surface area contributed by atoms with Crippen molar-refractivity contribution in [1.82, 2.24) is 19.6 Å². The van der Waals surface area contributed by atoms with Crippen LogP contribution in [0.1, 0.15) is 51.6 Å². The molecule has 1 aromatic carbocycles. The second kappa shape index (κ2) is 9.94. The van der Waals surface area contributed by atoms with Gasteiger partial charge in [0.15, 0.2) is 5.82 Å². The number of carbonyl (C=O) groups excluding carboxylic acids is 1. The van der Waals surface area contributed by atoms with E-state index in [9.17, 15) is 4.79 Å². The molecule has 1 aromatic heterocycles. The summed E-state index contributed by atoms with van der Waals surface area (Å²) in [7, 11) is 0. The van der Waals surface area contributed by atoms with Crippen molar-refractivity contribution in [1.29, 1.82) is 0 Å². The number of likely N-dealkylation sites (tertiary alicyclic amines) is 1. The number of halogens is 2. The minimum Gasteiger partial charge on any atom is -0.338 e. The van der Waals surface area contributed by atoms with Crippen molar-refractivity contribution >= 4 is 40.6 Å². The molecule has 32 heavy (non-hydrogen) atoms. The molecule has 2 aliphatic rings. The largest absolute Gasteiger partial charge is 0.338 e. The lowest BCUT2D eigenvalue weighted by atomic mass is 9.86. The van der Waals surface area contributed by atoms with Gasteiger partial charge in [-0.15, -0.1) is 0 Å². The van der Waals surface area contributed by atoms with Crippen LogP contribution in [0.15, 0.2) is 35.5 Å². The smallest absolute Gasteiger partial charge is 0.234 e. The Bertz CT molecular complexity index is 1000. The molecule has 1 fully saturated rings. The van der Waals surface area contributed by atoms with E-state index in [1.54, 1.807) is 12.3 Å². The molecule has 3 atom stereocenters. The molecule has 6 nitrogen and oxygen atoms in total. The van der Waals surface area contributed by atoms with Gasteiger partial charge < -0.3 is 9.80 Å².